The van der Waals surface area contributed by atoms with E-state index in [4.69, 9.17) is 30.2 Å². The number of amides is 1. The summed E-state index contributed by atoms with van der Waals surface area (Å²) in [6.45, 7) is 0.169. The predicted molar refractivity (Wildman–Crippen MR) is 100 cm³/mol. The summed E-state index contributed by atoms with van der Waals surface area (Å²) in [5.41, 5.74) is -1.11. The molecule has 0 radical (unpaired) electrons. The molecule has 1 amide bonds. The lowest BCUT2D eigenvalue weighted by atomic mass is 10.2. The quantitative estimate of drug-likeness (QED) is 0.567. The number of fused-ring (bicyclic) bond motifs is 1. The van der Waals surface area contributed by atoms with E-state index in [1.807, 2.05) is 0 Å². The van der Waals surface area contributed by atoms with Crippen LogP contribution in [-0.2, 0) is 12.8 Å². The van der Waals surface area contributed by atoms with E-state index in [2.05, 4.69) is 5.32 Å². The van der Waals surface area contributed by atoms with Crippen molar-refractivity contribution < 1.29 is 36.6 Å². The number of benzene rings is 2. The highest BCUT2D eigenvalue weighted by molar-refractivity contribution is 6.33. The van der Waals surface area contributed by atoms with Crippen LogP contribution in [0.2, 0.25) is 5.02 Å². The number of rotatable bonds is 5. The van der Waals surface area contributed by atoms with Crippen LogP contribution in [0.4, 0.5) is 18.9 Å². The summed E-state index contributed by atoms with van der Waals surface area (Å²) in [6, 6.07) is 10.6. The Morgan fingerprint density at radius 3 is 2.67 bits per heavy atom. The third-order valence-electron chi connectivity index (χ3n) is 4.15. The number of alkyl halides is 3. The molecular weight excluding hydrogens is 427 g/mol. The lowest BCUT2D eigenvalue weighted by molar-refractivity contribution is -0.137. The van der Waals surface area contributed by atoms with Gasteiger partial charge in [-0.05, 0) is 42.5 Å². The van der Waals surface area contributed by atoms with Crippen LogP contribution in [0.1, 0.15) is 21.9 Å². The van der Waals surface area contributed by atoms with Crippen molar-refractivity contribution in [1.29, 1.82) is 0 Å². The topological polar surface area (TPSA) is 69.9 Å². The molecule has 4 rings (SSSR count). The third-order valence-corrected chi connectivity index (χ3v) is 4.48. The highest BCUT2D eigenvalue weighted by atomic mass is 35.5. The fourth-order valence-electron chi connectivity index (χ4n) is 2.68. The van der Waals surface area contributed by atoms with Crippen LogP contribution in [0, 0.1) is 0 Å². The van der Waals surface area contributed by atoms with Crippen LogP contribution in [0.25, 0.3) is 0 Å². The monoisotopic (exact) mass is 439 g/mol. The molecule has 1 N–H and O–H groups in total. The van der Waals surface area contributed by atoms with Crippen LogP contribution in [0.3, 0.4) is 0 Å². The second-order valence-corrected chi connectivity index (χ2v) is 6.62. The number of hydrogen-bond donors (Lipinski definition) is 1. The van der Waals surface area contributed by atoms with E-state index < -0.39 is 17.6 Å². The van der Waals surface area contributed by atoms with Gasteiger partial charge in [-0.25, -0.2) is 0 Å². The maximum absolute atomic E-state index is 12.9. The van der Waals surface area contributed by atoms with Gasteiger partial charge in [0.2, 0.25) is 6.79 Å². The molecule has 0 saturated heterocycles. The van der Waals surface area contributed by atoms with Crippen LogP contribution in [-0.4, -0.2) is 12.7 Å². The number of hydrogen-bond acceptors (Lipinski definition) is 5. The molecule has 6 nitrogen and oxygen atoms in total. The van der Waals surface area contributed by atoms with Crippen LogP contribution in [0.15, 0.2) is 52.9 Å². The summed E-state index contributed by atoms with van der Waals surface area (Å²) in [5, 5.41) is 2.29. The molecule has 0 saturated carbocycles. The molecule has 0 spiro atoms. The van der Waals surface area contributed by atoms with Gasteiger partial charge < -0.3 is 23.9 Å². The zero-order valence-electron chi connectivity index (χ0n) is 15.1. The van der Waals surface area contributed by atoms with E-state index >= 15 is 0 Å². The van der Waals surface area contributed by atoms with Gasteiger partial charge in [0.05, 0.1) is 16.3 Å². The summed E-state index contributed by atoms with van der Waals surface area (Å²) in [6.07, 6.45) is -4.56. The Labute approximate surface area is 173 Å². The molecule has 0 aliphatic carbocycles. The summed E-state index contributed by atoms with van der Waals surface area (Å²) >= 11 is 5.89. The second-order valence-electron chi connectivity index (χ2n) is 6.22. The largest absolute Gasteiger partial charge is 0.486 e. The van der Waals surface area contributed by atoms with Gasteiger partial charge in [0.25, 0.3) is 5.91 Å². The molecule has 2 heterocycles. The van der Waals surface area contributed by atoms with Gasteiger partial charge in [0.15, 0.2) is 17.3 Å². The van der Waals surface area contributed by atoms with Crippen molar-refractivity contribution in [2.45, 2.75) is 12.8 Å². The molecule has 1 aliphatic rings. The second kappa shape index (κ2) is 7.83. The summed E-state index contributed by atoms with van der Waals surface area (Å²) in [5.74, 6) is 1.18. The van der Waals surface area contributed by atoms with E-state index in [1.165, 1.54) is 12.1 Å². The minimum Gasteiger partial charge on any atom is -0.486 e. The van der Waals surface area contributed by atoms with Crippen LogP contribution >= 0.6 is 11.6 Å². The van der Waals surface area contributed by atoms with E-state index in [9.17, 15) is 18.0 Å². The van der Waals surface area contributed by atoms with E-state index in [0.29, 0.717) is 23.0 Å². The fraction of sp³-hybridized carbons (Fsp3) is 0.150. The SMILES string of the molecule is O=C(Nc1cc(C(F)(F)F)ccc1Cl)c1ccc(COc2ccc3c(c2)OCO3)o1. The Morgan fingerprint density at radius 1 is 1.07 bits per heavy atom. The smallest absolute Gasteiger partial charge is 0.416 e. The molecule has 0 unspecified atom stereocenters. The van der Waals surface area contributed by atoms with E-state index in [1.54, 1.807) is 18.2 Å². The van der Waals surface area contributed by atoms with Crippen molar-refractivity contribution in [3.63, 3.8) is 0 Å². The molecule has 0 bridgehead atoms. The molecule has 3 aromatic rings. The number of carbonyl (C=O) groups excluding carboxylic acids is 1. The van der Waals surface area contributed by atoms with Gasteiger partial charge in [-0.15, -0.1) is 0 Å². The average Bonchev–Trinajstić information content (AvgIpc) is 3.36. The summed E-state index contributed by atoms with van der Waals surface area (Å²) in [7, 11) is 0. The summed E-state index contributed by atoms with van der Waals surface area (Å²) in [4.78, 5) is 12.3. The van der Waals surface area contributed by atoms with Gasteiger partial charge in [-0.3, -0.25) is 4.79 Å². The highest BCUT2D eigenvalue weighted by Crippen LogP contribution is 2.36. The van der Waals surface area contributed by atoms with E-state index in [-0.39, 0.29) is 29.9 Å². The van der Waals surface area contributed by atoms with Crippen molar-refractivity contribution in [1.82, 2.24) is 0 Å². The maximum atomic E-state index is 12.9. The minimum absolute atomic E-state index is 0.0250. The highest BCUT2D eigenvalue weighted by Gasteiger charge is 2.31. The van der Waals surface area contributed by atoms with Crippen LogP contribution in [0.5, 0.6) is 17.2 Å². The van der Waals surface area contributed by atoms with Gasteiger partial charge in [-0.1, -0.05) is 11.6 Å². The first-order chi connectivity index (χ1) is 14.3. The molecule has 30 heavy (non-hydrogen) atoms. The number of halogens is 4. The molecular formula is C20H13ClF3NO5. The number of nitrogens with one attached hydrogen (secondary N) is 1. The number of furan rings is 1. The number of anilines is 1. The summed E-state index contributed by atoms with van der Waals surface area (Å²) < 4.78 is 60.1. The molecule has 156 valence electrons. The van der Waals surface area contributed by atoms with Crippen molar-refractivity contribution in [2.24, 2.45) is 0 Å². The predicted octanol–water partition coefficient (Wildman–Crippen LogP) is 5.51. The Morgan fingerprint density at radius 2 is 1.87 bits per heavy atom. The Kier molecular flexibility index (Phi) is 5.21. The first-order valence-electron chi connectivity index (χ1n) is 8.59. The first kappa shape index (κ1) is 20.0. The normalized spacial score (nSPS) is 12.7. The molecule has 0 atom stereocenters. The Balaban J connectivity index is 1.41. The Hall–Kier alpha value is -3.33. The standard InChI is InChI=1S/C20H13ClF3NO5/c21-14-4-1-11(20(22,23)24)7-15(14)25-19(26)17-6-3-13(30-17)9-27-12-2-5-16-18(8-12)29-10-28-16/h1-8H,9-10H2,(H,25,26). The van der Waals surface area contributed by atoms with Gasteiger partial charge >= 0.3 is 6.18 Å². The van der Waals surface area contributed by atoms with E-state index in [0.717, 1.165) is 18.2 Å². The van der Waals surface area contributed by atoms with Crippen molar-refractivity contribution in [2.75, 3.05) is 12.1 Å². The van der Waals surface area contributed by atoms with Crippen LogP contribution < -0.4 is 19.5 Å². The lowest BCUT2D eigenvalue weighted by Crippen LogP contribution is -2.13. The molecule has 1 aliphatic heterocycles. The fourth-order valence-corrected chi connectivity index (χ4v) is 2.84. The average molecular weight is 440 g/mol. The molecule has 1 aromatic heterocycles. The maximum Gasteiger partial charge on any atom is 0.416 e. The van der Waals surface area contributed by atoms with Gasteiger partial charge in [0, 0.05) is 6.07 Å². The zero-order valence-corrected chi connectivity index (χ0v) is 15.8. The number of carbonyl (C=O) groups is 1. The van der Waals surface area contributed by atoms with Gasteiger partial charge in [-0.2, -0.15) is 13.2 Å². The van der Waals surface area contributed by atoms with Crippen molar-refractivity contribution in [3.05, 3.63) is 70.6 Å². The third kappa shape index (κ3) is 4.30. The van der Waals surface area contributed by atoms with Crippen molar-refractivity contribution >= 4 is 23.2 Å². The Bertz CT molecular complexity index is 1100. The van der Waals surface area contributed by atoms with Crippen molar-refractivity contribution in [3.8, 4) is 17.2 Å². The molecule has 10 heteroatoms. The first-order valence-corrected chi connectivity index (χ1v) is 8.96. The lowest BCUT2D eigenvalue weighted by Gasteiger charge is -2.11. The molecule has 0 fully saturated rings. The number of ether oxygens (including phenoxy) is 3. The molecule has 2 aromatic carbocycles. The zero-order chi connectivity index (χ0) is 21.3. The minimum atomic E-state index is -4.56. The van der Waals surface area contributed by atoms with Gasteiger partial charge in [0.1, 0.15) is 18.1 Å².